The van der Waals surface area contributed by atoms with Crippen LogP contribution in [-0.4, -0.2) is 31.1 Å². The van der Waals surface area contributed by atoms with Gasteiger partial charge in [-0.1, -0.05) is 24.3 Å². The van der Waals surface area contributed by atoms with Gasteiger partial charge in [-0.25, -0.2) is 9.97 Å². The molecule has 2 aromatic carbocycles. The number of aliphatic hydroxyl groups is 1. The van der Waals surface area contributed by atoms with Gasteiger partial charge >= 0.3 is 0 Å². The molecule has 1 unspecified atom stereocenters. The van der Waals surface area contributed by atoms with E-state index in [1.807, 2.05) is 54.6 Å². The highest BCUT2D eigenvalue weighted by Gasteiger charge is 2.14. The molecule has 0 amide bonds. The highest BCUT2D eigenvalue weighted by atomic mass is 16.3. The number of imidazole rings is 2. The molecule has 0 saturated heterocycles. The Morgan fingerprint density at radius 2 is 1.57 bits per heavy atom. The standard InChI is InChI=1S/C18H16N4O/c1-11(23)12(18-21-15-8-4-5-9-16(15)22-18)10-17-19-13-6-2-3-7-14(13)20-17/h2-11,23H,1H3,(H,19,20)(H,21,22). The maximum atomic E-state index is 10.2. The summed E-state index contributed by atoms with van der Waals surface area (Å²) >= 11 is 0. The van der Waals surface area contributed by atoms with Crippen LogP contribution in [-0.2, 0) is 0 Å². The van der Waals surface area contributed by atoms with Gasteiger partial charge in [0.1, 0.15) is 11.6 Å². The summed E-state index contributed by atoms with van der Waals surface area (Å²) in [7, 11) is 0. The molecule has 0 aliphatic heterocycles. The molecule has 4 aromatic rings. The van der Waals surface area contributed by atoms with Crippen molar-refractivity contribution in [3.8, 4) is 0 Å². The minimum Gasteiger partial charge on any atom is -0.389 e. The SMILES string of the molecule is CC(O)C(=Cc1nc2ccccc2[nH]1)c1nc2ccccc2[nH]1. The first-order valence-electron chi connectivity index (χ1n) is 7.50. The van der Waals surface area contributed by atoms with Crippen molar-refractivity contribution in [3.05, 3.63) is 60.2 Å². The zero-order valence-electron chi connectivity index (χ0n) is 12.6. The van der Waals surface area contributed by atoms with Crippen LogP contribution in [0.15, 0.2) is 48.5 Å². The van der Waals surface area contributed by atoms with Crippen LogP contribution in [0.3, 0.4) is 0 Å². The predicted molar refractivity (Wildman–Crippen MR) is 91.7 cm³/mol. The molecule has 2 heterocycles. The summed E-state index contributed by atoms with van der Waals surface area (Å²) in [6.45, 7) is 1.72. The molecule has 0 spiro atoms. The molecule has 0 radical (unpaired) electrons. The molecule has 0 aliphatic carbocycles. The second-order valence-electron chi connectivity index (χ2n) is 5.52. The number of aromatic nitrogens is 4. The van der Waals surface area contributed by atoms with E-state index in [0.29, 0.717) is 17.2 Å². The fraction of sp³-hybridized carbons (Fsp3) is 0.111. The Kier molecular flexibility index (Phi) is 3.20. The number of benzene rings is 2. The number of aliphatic hydroxyl groups excluding tert-OH is 1. The number of H-pyrrole nitrogens is 2. The van der Waals surface area contributed by atoms with Crippen LogP contribution in [0.2, 0.25) is 0 Å². The van der Waals surface area contributed by atoms with Gasteiger partial charge in [0, 0.05) is 5.57 Å². The van der Waals surface area contributed by atoms with E-state index in [9.17, 15) is 5.11 Å². The largest absolute Gasteiger partial charge is 0.389 e. The van der Waals surface area contributed by atoms with Crippen LogP contribution in [0.25, 0.3) is 33.7 Å². The lowest BCUT2D eigenvalue weighted by Crippen LogP contribution is -2.05. The lowest BCUT2D eigenvalue weighted by Gasteiger charge is -2.06. The first-order valence-corrected chi connectivity index (χ1v) is 7.50. The predicted octanol–water partition coefficient (Wildman–Crippen LogP) is 3.36. The van der Waals surface area contributed by atoms with Crippen molar-refractivity contribution in [1.82, 2.24) is 19.9 Å². The third-order valence-electron chi connectivity index (χ3n) is 3.81. The van der Waals surface area contributed by atoms with Crippen molar-refractivity contribution in [2.75, 3.05) is 0 Å². The van der Waals surface area contributed by atoms with Crippen LogP contribution >= 0.6 is 0 Å². The van der Waals surface area contributed by atoms with Crippen LogP contribution < -0.4 is 0 Å². The smallest absolute Gasteiger partial charge is 0.137 e. The second kappa shape index (κ2) is 5.37. The molecular formula is C18H16N4O. The number of aromatic amines is 2. The molecule has 1 atom stereocenters. The number of rotatable bonds is 3. The summed E-state index contributed by atoms with van der Waals surface area (Å²) in [5.41, 5.74) is 4.37. The number of hydrogen-bond donors (Lipinski definition) is 3. The van der Waals surface area contributed by atoms with Crippen molar-refractivity contribution in [2.45, 2.75) is 13.0 Å². The molecule has 4 rings (SSSR count). The minimum absolute atomic E-state index is 0.654. The van der Waals surface area contributed by atoms with Crippen LogP contribution in [0.4, 0.5) is 0 Å². The summed E-state index contributed by atoms with van der Waals surface area (Å²) in [6, 6.07) is 15.6. The van der Waals surface area contributed by atoms with E-state index >= 15 is 0 Å². The highest BCUT2D eigenvalue weighted by Crippen LogP contribution is 2.22. The van der Waals surface area contributed by atoms with E-state index in [1.165, 1.54) is 0 Å². The van der Waals surface area contributed by atoms with Gasteiger partial charge in [-0.05, 0) is 37.3 Å². The molecule has 0 saturated carbocycles. The van der Waals surface area contributed by atoms with E-state index in [4.69, 9.17) is 0 Å². The van der Waals surface area contributed by atoms with Crippen LogP contribution in [0.1, 0.15) is 18.6 Å². The van der Waals surface area contributed by atoms with Gasteiger partial charge in [0.2, 0.25) is 0 Å². The maximum Gasteiger partial charge on any atom is 0.137 e. The summed E-state index contributed by atoms with van der Waals surface area (Å²) in [5, 5.41) is 10.2. The topological polar surface area (TPSA) is 77.6 Å². The average Bonchev–Trinajstić information content (AvgIpc) is 3.15. The minimum atomic E-state index is -0.663. The second-order valence-corrected chi connectivity index (χ2v) is 5.52. The molecule has 114 valence electrons. The maximum absolute atomic E-state index is 10.2. The van der Waals surface area contributed by atoms with E-state index in [2.05, 4.69) is 19.9 Å². The Morgan fingerprint density at radius 1 is 0.957 bits per heavy atom. The molecule has 5 nitrogen and oxygen atoms in total. The Morgan fingerprint density at radius 3 is 2.17 bits per heavy atom. The molecule has 5 heteroatoms. The number of hydrogen-bond acceptors (Lipinski definition) is 3. The summed E-state index contributed by atoms with van der Waals surface area (Å²) in [4.78, 5) is 15.6. The Bertz CT molecular complexity index is 944. The first-order chi connectivity index (χ1) is 11.2. The quantitative estimate of drug-likeness (QED) is 0.543. The molecule has 23 heavy (non-hydrogen) atoms. The van der Waals surface area contributed by atoms with Crippen molar-refractivity contribution >= 4 is 33.7 Å². The van der Waals surface area contributed by atoms with Gasteiger partial charge in [0.05, 0.1) is 28.2 Å². The fourth-order valence-electron chi connectivity index (χ4n) is 2.66. The van der Waals surface area contributed by atoms with Crippen molar-refractivity contribution in [3.63, 3.8) is 0 Å². The number of nitrogens with one attached hydrogen (secondary N) is 2. The van der Waals surface area contributed by atoms with Gasteiger partial charge in [0.25, 0.3) is 0 Å². The number of para-hydroxylation sites is 4. The van der Waals surface area contributed by atoms with Gasteiger partial charge in [-0.2, -0.15) is 0 Å². The van der Waals surface area contributed by atoms with Gasteiger partial charge in [-0.3, -0.25) is 0 Å². The summed E-state index contributed by atoms with van der Waals surface area (Å²) in [5.74, 6) is 1.35. The molecule has 2 aromatic heterocycles. The molecule has 0 aliphatic rings. The van der Waals surface area contributed by atoms with Gasteiger partial charge in [-0.15, -0.1) is 0 Å². The Labute approximate surface area is 132 Å². The number of fused-ring (bicyclic) bond motifs is 2. The van der Waals surface area contributed by atoms with E-state index < -0.39 is 6.10 Å². The molecule has 0 bridgehead atoms. The van der Waals surface area contributed by atoms with Crippen LogP contribution in [0, 0.1) is 0 Å². The zero-order valence-corrected chi connectivity index (χ0v) is 12.6. The monoisotopic (exact) mass is 304 g/mol. The summed E-state index contributed by atoms with van der Waals surface area (Å²) < 4.78 is 0. The van der Waals surface area contributed by atoms with E-state index in [0.717, 1.165) is 22.1 Å². The highest BCUT2D eigenvalue weighted by molar-refractivity contribution is 5.86. The van der Waals surface area contributed by atoms with Gasteiger partial charge in [0.15, 0.2) is 0 Å². The summed E-state index contributed by atoms with van der Waals surface area (Å²) in [6.07, 6.45) is 1.17. The molecule has 3 N–H and O–H groups in total. The normalized spacial score (nSPS) is 13.7. The molecule has 0 fully saturated rings. The average molecular weight is 304 g/mol. The van der Waals surface area contributed by atoms with Crippen molar-refractivity contribution < 1.29 is 5.11 Å². The lowest BCUT2D eigenvalue weighted by molar-refractivity contribution is 0.253. The zero-order chi connectivity index (χ0) is 15.8. The fourth-order valence-corrected chi connectivity index (χ4v) is 2.66. The van der Waals surface area contributed by atoms with E-state index in [1.54, 1.807) is 6.92 Å². The van der Waals surface area contributed by atoms with Gasteiger partial charge < -0.3 is 15.1 Å². The number of nitrogens with zero attached hydrogens (tertiary/aromatic N) is 2. The third kappa shape index (κ3) is 2.51. The molecular weight excluding hydrogens is 288 g/mol. The lowest BCUT2D eigenvalue weighted by atomic mass is 10.1. The Balaban J connectivity index is 1.83. The Hall–Kier alpha value is -2.92. The van der Waals surface area contributed by atoms with Crippen molar-refractivity contribution in [2.24, 2.45) is 0 Å². The first kappa shape index (κ1) is 13.7. The van der Waals surface area contributed by atoms with Crippen LogP contribution in [0.5, 0.6) is 0 Å². The third-order valence-corrected chi connectivity index (χ3v) is 3.81. The van der Waals surface area contributed by atoms with E-state index in [-0.39, 0.29) is 0 Å². The van der Waals surface area contributed by atoms with Crippen molar-refractivity contribution in [1.29, 1.82) is 0 Å².